The van der Waals surface area contributed by atoms with Gasteiger partial charge in [-0.05, 0) is 60.7 Å². The van der Waals surface area contributed by atoms with E-state index in [2.05, 4.69) is 36.2 Å². The van der Waals surface area contributed by atoms with Gasteiger partial charge in [-0.3, -0.25) is 9.59 Å². The maximum absolute atomic E-state index is 12.3. The number of aromatic amines is 1. The van der Waals surface area contributed by atoms with Crippen LogP contribution in [-0.2, 0) is 17.6 Å². The molecule has 1 amide bonds. The maximum atomic E-state index is 12.3. The highest BCUT2D eigenvalue weighted by atomic mass is 79.9. The van der Waals surface area contributed by atoms with Crippen LogP contribution in [0.5, 0.6) is 0 Å². The van der Waals surface area contributed by atoms with E-state index in [1.807, 2.05) is 6.07 Å². The van der Waals surface area contributed by atoms with Crippen LogP contribution in [0.4, 0.5) is 5.82 Å². The van der Waals surface area contributed by atoms with Crippen LogP contribution in [0.3, 0.4) is 0 Å². The largest absolute Gasteiger partial charge is 0.310 e. The van der Waals surface area contributed by atoms with Gasteiger partial charge in [-0.15, -0.1) is 0 Å². The minimum Gasteiger partial charge on any atom is -0.310 e. The molecule has 2 N–H and O–H groups in total. The lowest BCUT2D eigenvalue weighted by Gasteiger charge is -2.15. The second-order valence-corrected chi connectivity index (χ2v) is 7.86. The van der Waals surface area contributed by atoms with Gasteiger partial charge >= 0.3 is 0 Å². The highest BCUT2D eigenvalue weighted by Gasteiger charge is 2.20. The smallest absolute Gasteiger partial charge is 0.254 e. The van der Waals surface area contributed by atoms with Crippen LogP contribution in [0.1, 0.15) is 31.0 Å². The van der Waals surface area contributed by atoms with Gasteiger partial charge in [-0.1, -0.05) is 11.8 Å². The van der Waals surface area contributed by atoms with Crippen molar-refractivity contribution in [3.05, 3.63) is 44.4 Å². The SMILES string of the molecule is C[C@H](Sc1nc2c(c(=O)[nH]1)CCCC2)C(=O)Nc1ccc(Br)cn1. The van der Waals surface area contributed by atoms with Crippen LogP contribution in [0, 0.1) is 0 Å². The number of nitrogens with one attached hydrogen (secondary N) is 2. The topological polar surface area (TPSA) is 87.7 Å². The van der Waals surface area contributed by atoms with Gasteiger partial charge in [-0.25, -0.2) is 9.97 Å². The number of amides is 1. The van der Waals surface area contributed by atoms with E-state index in [1.165, 1.54) is 11.8 Å². The molecule has 1 aliphatic carbocycles. The zero-order valence-electron chi connectivity index (χ0n) is 13.1. The molecule has 1 aliphatic rings. The van der Waals surface area contributed by atoms with Crippen molar-refractivity contribution in [1.29, 1.82) is 0 Å². The second kappa shape index (κ2) is 7.48. The molecule has 0 radical (unpaired) electrons. The number of halogens is 1. The van der Waals surface area contributed by atoms with Crippen LogP contribution in [0.2, 0.25) is 0 Å². The molecule has 0 aliphatic heterocycles. The van der Waals surface area contributed by atoms with Crippen LogP contribution in [0.15, 0.2) is 32.8 Å². The van der Waals surface area contributed by atoms with Gasteiger partial charge < -0.3 is 10.3 Å². The van der Waals surface area contributed by atoms with E-state index in [0.29, 0.717) is 11.0 Å². The predicted molar refractivity (Wildman–Crippen MR) is 97.4 cm³/mol. The Bertz CT molecular complexity index is 807. The Morgan fingerprint density at radius 3 is 2.92 bits per heavy atom. The van der Waals surface area contributed by atoms with Crippen molar-refractivity contribution in [1.82, 2.24) is 15.0 Å². The minimum atomic E-state index is -0.403. The van der Waals surface area contributed by atoms with Crippen molar-refractivity contribution >= 4 is 39.4 Å². The van der Waals surface area contributed by atoms with E-state index >= 15 is 0 Å². The third-order valence-corrected chi connectivity index (χ3v) is 5.26. The molecule has 1 atom stereocenters. The number of carbonyl (C=O) groups excluding carboxylic acids is 1. The highest BCUT2D eigenvalue weighted by Crippen LogP contribution is 2.23. The summed E-state index contributed by atoms with van der Waals surface area (Å²) < 4.78 is 0.846. The fraction of sp³-hybridized carbons (Fsp3) is 0.375. The van der Waals surface area contributed by atoms with E-state index in [9.17, 15) is 9.59 Å². The Morgan fingerprint density at radius 1 is 1.38 bits per heavy atom. The number of aryl methyl sites for hydroxylation is 1. The van der Waals surface area contributed by atoms with Crippen molar-refractivity contribution in [2.75, 3.05) is 5.32 Å². The highest BCUT2D eigenvalue weighted by molar-refractivity contribution is 9.10. The number of nitrogens with zero attached hydrogens (tertiary/aromatic N) is 2. The molecule has 0 saturated heterocycles. The quantitative estimate of drug-likeness (QED) is 0.599. The summed E-state index contributed by atoms with van der Waals surface area (Å²) in [5.41, 5.74) is 1.58. The van der Waals surface area contributed by atoms with E-state index < -0.39 is 5.25 Å². The fourth-order valence-corrected chi connectivity index (χ4v) is 3.58. The van der Waals surface area contributed by atoms with Gasteiger partial charge in [0, 0.05) is 16.2 Å². The van der Waals surface area contributed by atoms with E-state index in [-0.39, 0.29) is 11.5 Å². The minimum absolute atomic E-state index is 0.0793. The standard InChI is InChI=1S/C16H17BrN4O2S/c1-9(14(22)20-13-7-6-10(17)8-18-13)24-16-19-12-5-3-2-4-11(12)15(23)21-16/h6-9H,2-5H2,1H3,(H,18,20,22)(H,19,21,23)/t9-/m0/s1. The van der Waals surface area contributed by atoms with Crippen LogP contribution >= 0.6 is 27.7 Å². The van der Waals surface area contributed by atoms with Gasteiger partial charge in [-0.2, -0.15) is 0 Å². The third-order valence-electron chi connectivity index (χ3n) is 3.81. The Hall–Kier alpha value is -1.67. The first-order chi connectivity index (χ1) is 11.5. The molecule has 8 heteroatoms. The van der Waals surface area contributed by atoms with Gasteiger partial charge in [0.05, 0.1) is 10.9 Å². The Labute approximate surface area is 152 Å². The molecule has 0 aromatic carbocycles. The number of aromatic nitrogens is 3. The molecule has 6 nitrogen and oxygen atoms in total. The van der Waals surface area contributed by atoms with Crippen LogP contribution < -0.4 is 10.9 Å². The van der Waals surface area contributed by atoms with Crippen LogP contribution in [0.25, 0.3) is 0 Å². The zero-order chi connectivity index (χ0) is 17.1. The summed E-state index contributed by atoms with van der Waals surface area (Å²) in [5, 5.41) is 2.84. The third kappa shape index (κ3) is 4.05. The molecule has 3 rings (SSSR count). The summed E-state index contributed by atoms with van der Waals surface area (Å²) in [6, 6.07) is 3.53. The summed E-state index contributed by atoms with van der Waals surface area (Å²) in [4.78, 5) is 35.8. The van der Waals surface area contributed by atoms with Crippen molar-refractivity contribution in [2.24, 2.45) is 0 Å². The lowest BCUT2D eigenvalue weighted by atomic mass is 9.97. The molecule has 0 bridgehead atoms. The summed E-state index contributed by atoms with van der Waals surface area (Å²) in [6.45, 7) is 1.78. The fourth-order valence-electron chi connectivity index (χ4n) is 2.53. The van der Waals surface area contributed by atoms with Crippen LogP contribution in [-0.4, -0.2) is 26.1 Å². The monoisotopic (exact) mass is 408 g/mol. The number of fused-ring (bicyclic) bond motifs is 1. The first-order valence-electron chi connectivity index (χ1n) is 7.74. The zero-order valence-corrected chi connectivity index (χ0v) is 15.5. The van der Waals surface area contributed by atoms with E-state index in [4.69, 9.17) is 0 Å². The van der Waals surface area contributed by atoms with Crippen molar-refractivity contribution in [2.45, 2.75) is 43.0 Å². The van der Waals surface area contributed by atoms with Gasteiger partial charge in [0.15, 0.2) is 5.16 Å². The molecule has 0 spiro atoms. The molecule has 2 heterocycles. The van der Waals surface area contributed by atoms with E-state index in [0.717, 1.165) is 41.4 Å². The first kappa shape index (κ1) is 17.2. The normalized spacial score (nSPS) is 14.8. The molecule has 2 aromatic rings. The molecule has 0 unspecified atom stereocenters. The lowest BCUT2D eigenvalue weighted by molar-refractivity contribution is -0.115. The molecule has 0 fully saturated rings. The summed E-state index contributed by atoms with van der Waals surface area (Å²) in [6.07, 6.45) is 5.32. The van der Waals surface area contributed by atoms with Crippen molar-refractivity contribution in [3.8, 4) is 0 Å². The molecule has 0 saturated carbocycles. The number of carbonyl (C=O) groups is 1. The van der Waals surface area contributed by atoms with Gasteiger partial charge in [0.1, 0.15) is 5.82 Å². The number of hydrogen-bond donors (Lipinski definition) is 2. The average Bonchev–Trinajstić information content (AvgIpc) is 2.57. The van der Waals surface area contributed by atoms with Crippen molar-refractivity contribution in [3.63, 3.8) is 0 Å². The maximum Gasteiger partial charge on any atom is 0.254 e. The summed E-state index contributed by atoms with van der Waals surface area (Å²) in [5.74, 6) is 0.303. The number of rotatable bonds is 4. The Balaban J connectivity index is 1.69. The average molecular weight is 409 g/mol. The second-order valence-electron chi connectivity index (χ2n) is 5.61. The first-order valence-corrected chi connectivity index (χ1v) is 9.41. The predicted octanol–water partition coefficient (Wildman–Crippen LogP) is 2.93. The number of pyridine rings is 1. The number of H-pyrrole nitrogens is 1. The molecule has 24 heavy (non-hydrogen) atoms. The van der Waals surface area contributed by atoms with Gasteiger partial charge in [0.25, 0.3) is 5.56 Å². The molecule has 2 aromatic heterocycles. The molecular formula is C16H17BrN4O2S. The van der Waals surface area contributed by atoms with E-state index in [1.54, 1.807) is 19.2 Å². The molecule has 126 valence electrons. The molecular weight excluding hydrogens is 392 g/mol. The van der Waals surface area contributed by atoms with Gasteiger partial charge in [0.2, 0.25) is 5.91 Å². The Morgan fingerprint density at radius 2 is 2.17 bits per heavy atom. The Kier molecular flexibility index (Phi) is 5.35. The summed E-state index contributed by atoms with van der Waals surface area (Å²) >= 11 is 4.55. The number of hydrogen-bond acceptors (Lipinski definition) is 5. The summed E-state index contributed by atoms with van der Waals surface area (Å²) in [7, 11) is 0. The lowest BCUT2D eigenvalue weighted by Crippen LogP contribution is -2.25. The van der Waals surface area contributed by atoms with Crippen molar-refractivity contribution < 1.29 is 4.79 Å². The number of thioether (sulfide) groups is 1. The number of anilines is 1.